The van der Waals surface area contributed by atoms with Crippen LogP contribution < -0.4 is 10.9 Å². The first-order valence-electron chi connectivity index (χ1n) is 9.22. The Labute approximate surface area is 162 Å². The maximum Gasteiger partial charge on any atom is 0.336 e. The van der Waals surface area contributed by atoms with E-state index >= 15 is 0 Å². The highest BCUT2D eigenvalue weighted by atomic mass is 16.4. The minimum absolute atomic E-state index is 0.0540. The van der Waals surface area contributed by atoms with Crippen LogP contribution >= 0.6 is 0 Å². The van der Waals surface area contributed by atoms with E-state index in [1.165, 1.54) is 12.1 Å². The van der Waals surface area contributed by atoms with E-state index in [0.717, 1.165) is 5.56 Å². The van der Waals surface area contributed by atoms with Crippen LogP contribution in [0.15, 0.2) is 57.7 Å². The molecule has 1 aromatic heterocycles. The summed E-state index contributed by atoms with van der Waals surface area (Å²) in [6.45, 7) is 3.83. The molecule has 0 amide bonds. The van der Waals surface area contributed by atoms with Crippen molar-refractivity contribution in [2.45, 2.75) is 32.9 Å². The number of fused-ring (bicyclic) bond motifs is 1. The monoisotopic (exact) mass is 381 g/mol. The van der Waals surface area contributed by atoms with Gasteiger partial charge in [-0.15, -0.1) is 0 Å². The van der Waals surface area contributed by atoms with Gasteiger partial charge < -0.3 is 14.6 Å². The topological polar surface area (TPSA) is 99.8 Å². The van der Waals surface area contributed by atoms with Gasteiger partial charge in [-0.05, 0) is 29.2 Å². The zero-order valence-electron chi connectivity index (χ0n) is 15.8. The molecule has 1 heterocycles. The van der Waals surface area contributed by atoms with E-state index in [-0.39, 0.29) is 23.8 Å². The SMILES string of the molecule is CC[C@H](C)[C@@H](NCc1c(O)ccc2c(-c3ccccc3)cc(=O)oc12)C(=O)O. The second kappa shape index (κ2) is 8.27. The lowest BCUT2D eigenvalue weighted by Gasteiger charge is -2.21. The van der Waals surface area contributed by atoms with Gasteiger partial charge in [0, 0.05) is 18.0 Å². The van der Waals surface area contributed by atoms with Crippen LogP contribution in [0.2, 0.25) is 0 Å². The molecule has 2 aromatic carbocycles. The summed E-state index contributed by atoms with van der Waals surface area (Å²) in [6, 6.07) is 13.3. The fourth-order valence-corrected chi connectivity index (χ4v) is 3.28. The third kappa shape index (κ3) is 3.92. The van der Waals surface area contributed by atoms with Crippen molar-refractivity contribution in [1.29, 1.82) is 0 Å². The van der Waals surface area contributed by atoms with Gasteiger partial charge in [0.1, 0.15) is 17.4 Å². The van der Waals surface area contributed by atoms with Gasteiger partial charge in [0.25, 0.3) is 0 Å². The van der Waals surface area contributed by atoms with Crippen molar-refractivity contribution in [3.8, 4) is 16.9 Å². The Balaban J connectivity index is 2.08. The third-order valence-electron chi connectivity index (χ3n) is 5.05. The minimum Gasteiger partial charge on any atom is -0.507 e. The summed E-state index contributed by atoms with van der Waals surface area (Å²) in [4.78, 5) is 23.7. The van der Waals surface area contributed by atoms with Crippen LogP contribution in [0.1, 0.15) is 25.8 Å². The summed E-state index contributed by atoms with van der Waals surface area (Å²) >= 11 is 0. The van der Waals surface area contributed by atoms with Crippen molar-refractivity contribution >= 4 is 16.9 Å². The molecule has 28 heavy (non-hydrogen) atoms. The van der Waals surface area contributed by atoms with E-state index in [9.17, 15) is 19.8 Å². The molecule has 0 radical (unpaired) electrons. The van der Waals surface area contributed by atoms with E-state index in [2.05, 4.69) is 5.32 Å². The number of phenols is 1. The maximum absolute atomic E-state index is 12.2. The lowest BCUT2D eigenvalue weighted by Crippen LogP contribution is -2.41. The summed E-state index contributed by atoms with van der Waals surface area (Å²) in [7, 11) is 0. The number of carboxylic acids is 1. The Morgan fingerprint density at radius 3 is 2.54 bits per heavy atom. The summed E-state index contributed by atoms with van der Waals surface area (Å²) in [5, 5.41) is 23.5. The number of hydrogen-bond acceptors (Lipinski definition) is 5. The first-order valence-corrected chi connectivity index (χ1v) is 9.22. The van der Waals surface area contributed by atoms with Gasteiger partial charge in [0.2, 0.25) is 0 Å². The van der Waals surface area contributed by atoms with Crippen molar-refractivity contribution < 1.29 is 19.4 Å². The molecule has 146 valence electrons. The van der Waals surface area contributed by atoms with Crippen LogP contribution in [0.3, 0.4) is 0 Å². The van der Waals surface area contributed by atoms with Crippen LogP contribution in [0.25, 0.3) is 22.1 Å². The number of benzene rings is 2. The number of aliphatic carboxylic acids is 1. The quantitative estimate of drug-likeness (QED) is 0.539. The lowest BCUT2D eigenvalue weighted by molar-refractivity contribution is -0.140. The zero-order valence-corrected chi connectivity index (χ0v) is 15.8. The molecular formula is C22H23NO5. The largest absolute Gasteiger partial charge is 0.507 e. The third-order valence-corrected chi connectivity index (χ3v) is 5.05. The predicted molar refractivity (Wildman–Crippen MR) is 107 cm³/mol. The van der Waals surface area contributed by atoms with Gasteiger partial charge in [-0.1, -0.05) is 50.6 Å². The number of rotatable bonds is 7. The van der Waals surface area contributed by atoms with Gasteiger partial charge in [-0.25, -0.2) is 4.79 Å². The normalized spacial score (nSPS) is 13.4. The Kier molecular flexibility index (Phi) is 5.80. The average Bonchev–Trinajstić information content (AvgIpc) is 2.69. The van der Waals surface area contributed by atoms with Crippen molar-refractivity contribution in [3.05, 3.63) is 64.5 Å². The summed E-state index contributed by atoms with van der Waals surface area (Å²) < 4.78 is 5.41. The van der Waals surface area contributed by atoms with E-state index in [4.69, 9.17) is 4.42 Å². The van der Waals surface area contributed by atoms with Crippen LogP contribution in [-0.4, -0.2) is 22.2 Å². The second-order valence-electron chi connectivity index (χ2n) is 6.87. The fourth-order valence-electron chi connectivity index (χ4n) is 3.28. The fraction of sp³-hybridized carbons (Fsp3) is 0.273. The molecule has 3 rings (SSSR count). The van der Waals surface area contributed by atoms with Crippen molar-refractivity contribution in [3.63, 3.8) is 0 Å². The molecule has 0 aliphatic carbocycles. The number of phenolic OH excluding ortho intramolecular Hbond substituents is 1. The maximum atomic E-state index is 12.2. The summed E-state index contributed by atoms with van der Waals surface area (Å²) in [6.07, 6.45) is 0.693. The van der Waals surface area contributed by atoms with Gasteiger partial charge in [-0.3, -0.25) is 10.1 Å². The van der Waals surface area contributed by atoms with E-state index in [0.29, 0.717) is 22.9 Å². The Hall–Kier alpha value is -3.12. The van der Waals surface area contributed by atoms with E-state index < -0.39 is 17.6 Å². The molecular weight excluding hydrogens is 358 g/mol. The molecule has 0 saturated heterocycles. The Morgan fingerprint density at radius 1 is 1.18 bits per heavy atom. The first kappa shape index (κ1) is 19.6. The molecule has 2 atom stereocenters. The van der Waals surface area contributed by atoms with E-state index in [1.54, 1.807) is 6.07 Å². The van der Waals surface area contributed by atoms with Crippen LogP contribution in [-0.2, 0) is 11.3 Å². The highest BCUT2D eigenvalue weighted by Gasteiger charge is 2.24. The van der Waals surface area contributed by atoms with Gasteiger partial charge in [0.15, 0.2) is 0 Å². The zero-order chi connectivity index (χ0) is 20.3. The number of hydrogen-bond donors (Lipinski definition) is 3. The molecule has 0 fully saturated rings. The van der Waals surface area contributed by atoms with Crippen LogP contribution in [0.4, 0.5) is 0 Å². The van der Waals surface area contributed by atoms with Gasteiger partial charge in [0.05, 0.1) is 5.56 Å². The standard InChI is InChI=1S/C22H23NO5/c1-3-13(2)20(22(26)27)23-12-17-18(24)10-9-15-16(11-19(25)28-21(15)17)14-7-5-4-6-8-14/h4-11,13,20,23-24H,3,12H2,1-2H3,(H,26,27)/t13-,20+/m0/s1. The van der Waals surface area contributed by atoms with Crippen molar-refractivity contribution in [1.82, 2.24) is 5.32 Å². The Bertz CT molecular complexity index is 1040. The molecule has 6 nitrogen and oxygen atoms in total. The number of carboxylic acid groups (broad SMARTS) is 1. The first-order chi connectivity index (χ1) is 13.4. The molecule has 6 heteroatoms. The van der Waals surface area contributed by atoms with Crippen LogP contribution in [0, 0.1) is 5.92 Å². The molecule has 3 N–H and O–H groups in total. The average molecular weight is 381 g/mol. The van der Waals surface area contributed by atoms with Gasteiger partial charge in [-0.2, -0.15) is 0 Å². The van der Waals surface area contributed by atoms with Crippen molar-refractivity contribution in [2.75, 3.05) is 0 Å². The summed E-state index contributed by atoms with van der Waals surface area (Å²) in [5.41, 5.74) is 1.64. The smallest absolute Gasteiger partial charge is 0.336 e. The number of carbonyl (C=O) groups is 1. The number of nitrogens with one attached hydrogen (secondary N) is 1. The molecule has 0 saturated carbocycles. The molecule has 0 spiro atoms. The lowest BCUT2D eigenvalue weighted by atomic mass is 9.97. The molecule has 0 bridgehead atoms. The predicted octanol–water partition coefficient (Wildman–Crippen LogP) is 3.75. The summed E-state index contributed by atoms with van der Waals surface area (Å²) in [5.74, 6) is -1.11. The highest BCUT2D eigenvalue weighted by molar-refractivity contribution is 5.95. The van der Waals surface area contributed by atoms with E-state index in [1.807, 2.05) is 44.2 Å². The highest BCUT2D eigenvalue weighted by Crippen LogP contribution is 2.33. The molecule has 0 unspecified atom stereocenters. The van der Waals surface area contributed by atoms with Crippen molar-refractivity contribution in [2.24, 2.45) is 5.92 Å². The van der Waals surface area contributed by atoms with Crippen LogP contribution in [0.5, 0.6) is 5.75 Å². The molecule has 0 aliphatic rings. The molecule has 0 aliphatic heterocycles. The van der Waals surface area contributed by atoms with Gasteiger partial charge >= 0.3 is 11.6 Å². The Morgan fingerprint density at radius 2 is 1.89 bits per heavy atom. The minimum atomic E-state index is -0.958. The number of aromatic hydroxyl groups is 1. The second-order valence-corrected chi connectivity index (χ2v) is 6.87. The molecule has 3 aromatic rings.